The number of nitrogens with two attached hydrogens (primary N) is 3. The van der Waals surface area contributed by atoms with Crippen LogP contribution in [0.25, 0.3) is 0 Å². The normalized spacial score (nSPS) is 24.9. The molecule has 32 heavy (non-hydrogen) atoms. The van der Waals surface area contributed by atoms with E-state index in [9.17, 15) is 4.57 Å². The van der Waals surface area contributed by atoms with Gasteiger partial charge in [0.2, 0.25) is 0 Å². The highest BCUT2D eigenvalue weighted by molar-refractivity contribution is 7.64. The first kappa shape index (κ1) is 26.5. The van der Waals surface area contributed by atoms with Gasteiger partial charge in [0.1, 0.15) is 0 Å². The molecule has 188 valence electrons. The van der Waals surface area contributed by atoms with Crippen molar-refractivity contribution in [2.45, 2.75) is 19.5 Å². The van der Waals surface area contributed by atoms with Gasteiger partial charge in [-0.15, -0.1) is 0 Å². The standard InChI is InChI=1S/C21H48N9OP/c1-21(2,22)28-9-3-25(4-10-28)15-18-32(31,19-16-26-5-11-29(23)12-6-26)20-17-27-7-13-30(24)14-8-27/h3-20,22-24H2,1-2H3. The molecule has 11 heteroatoms. The van der Waals surface area contributed by atoms with Crippen LogP contribution in [0.1, 0.15) is 13.8 Å². The van der Waals surface area contributed by atoms with Gasteiger partial charge in [0.25, 0.3) is 0 Å². The molecule has 3 fully saturated rings. The zero-order chi connectivity index (χ0) is 23.2. The van der Waals surface area contributed by atoms with E-state index in [2.05, 4.69) is 33.4 Å². The second kappa shape index (κ2) is 12.0. The molecule has 0 bridgehead atoms. The van der Waals surface area contributed by atoms with Crippen LogP contribution in [0.15, 0.2) is 0 Å². The second-order valence-electron chi connectivity index (χ2n) is 10.5. The Balaban J connectivity index is 1.49. The highest BCUT2D eigenvalue weighted by Gasteiger charge is 2.29. The van der Waals surface area contributed by atoms with E-state index in [1.807, 2.05) is 10.0 Å². The van der Waals surface area contributed by atoms with Gasteiger partial charge in [0, 0.05) is 117 Å². The van der Waals surface area contributed by atoms with Crippen molar-refractivity contribution in [3.63, 3.8) is 0 Å². The average molecular weight is 474 g/mol. The van der Waals surface area contributed by atoms with Crippen molar-refractivity contribution < 1.29 is 4.57 Å². The quantitative estimate of drug-likeness (QED) is 0.260. The molecule has 0 aliphatic carbocycles. The minimum Gasteiger partial charge on any atom is -0.323 e. The fourth-order valence-electron chi connectivity index (χ4n) is 4.83. The van der Waals surface area contributed by atoms with Gasteiger partial charge in [-0.05, 0) is 13.8 Å². The number of rotatable bonds is 10. The Kier molecular flexibility index (Phi) is 9.94. The maximum Gasteiger partial charge on any atom is 0.0915 e. The van der Waals surface area contributed by atoms with E-state index in [-0.39, 0.29) is 5.66 Å². The third-order valence-corrected chi connectivity index (χ3v) is 10.5. The maximum absolute atomic E-state index is 14.1. The van der Waals surface area contributed by atoms with Gasteiger partial charge in [-0.2, -0.15) is 0 Å². The number of piperazine rings is 3. The predicted molar refractivity (Wildman–Crippen MR) is 133 cm³/mol. The van der Waals surface area contributed by atoms with Crippen LogP contribution in [0.4, 0.5) is 0 Å². The van der Waals surface area contributed by atoms with Crippen LogP contribution < -0.4 is 17.4 Å². The van der Waals surface area contributed by atoms with Crippen molar-refractivity contribution in [1.29, 1.82) is 0 Å². The van der Waals surface area contributed by atoms with E-state index in [1.165, 1.54) is 0 Å². The van der Waals surface area contributed by atoms with E-state index in [1.54, 1.807) is 0 Å². The zero-order valence-electron chi connectivity index (χ0n) is 20.5. The van der Waals surface area contributed by atoms with E-state index >= 15 is 0 Å². The minimum absolute atomic E-state index is 0.261. The molecule has 3 rings (SSSR count). The van der Waals surface area contributed by atoms with Gasteiger partial charge in [0.15, 0.2) is 0 Å². The van der Waals surface area contributed by atoms with Crippen molar-refractivity contribution in [1.82, 2.24) is 29.6 Å². The highest BCUT2D eigenvalue weighted by Crippen LogP contribution is 2.45. The first-order valence-corrected chi connectivity index (χ1v) is 14.7. The summed E-state index contributed by atoms with van der Waals surface area (Å²) in [5.41, 5.74) is 6.01. The Morgan fingerprint density at radius 3 is 1.25 bits per heavy atom. The summed E-state index contributed by atoms with van der Waals surface area (Å²) in [6.45, 7) is 18.4. The van der Waals surface area contributed by atoms with Crippen molar-refractivity contribution >= 4 is 7.14 Å². The maximum atomic E-state index is 14.1. The molecule has 6 N–H and O–H groups in total. The molecule has 3 aliphatic heterocycles. The molecular formula is C21H48N9OP. The van der Waals surface area contributed by atoms with Crippen molar-refractivity contribution in [2.75, 3.05) is 117 Å². The average Bonchev–Trinajstić information content (AvgIpc) is 2.77. The summed E-state index contributed by atoms with van der Waals surface area (Å²) >= 11 is 0. The summed E-state index contributed by atoms with van der Waals surface area (Å²) in [6.07, 6.45) is 2.47. The summed E-state index contributed by atoms with van der Waals surface area (Å²) in [6, 6.07) is 0. The molecule has 0 radical (unpaired) electrons. The Morgan fingerprint density at radius 1 is 0.625 bits per heavy atom. The first-order chi connectivity index (χ1) is 15.1. The third kappa shape index (κ3) is 8.58. The molecule has 3 saturated heterocycles. The van der Waals surface area contributed by atoms with Gasteiger partial charge in [-0.3, -0.25) is 16.6 Å². The van der Waals surface area contributed by atoms with E-state index in [0.29, 0.717) is 0 Å². The molecule has 10 nitrogen and oxygen atoms in total. The highest BCUT2D eigenvalue weighted by atomic mass is 31.2. The molecule has 3 heterocycles. The molecule has 0 aromatic heterocycles. The fraction of sp³-hybridized carbons (Fsp3) is 1.00. The van der Waals surface area contributed by atoms with Crippen molar-refractivity contribution in [3.05, 3.63) is 0 Å². The Hall–Kier alpha value is -0.130. The third-order valence-electron chi connectivity index (χ3n) is 7.47. The topological polar surface area (TPSA) is 115 Å². The van der Waals surface area contributed by atoms with Crippen LogP contribution in [0.2, 0.25) is 0 Å². The zero-order valence-corrected chi connectivity index (χ0v) is 21.4. The lowest BCUT2D eigenvalue weighted by Gasteiger charge is -2.42. The molecular weight excluding hydrogens is 425 g/mol. The smallest absolute Gasteiger partial charge is 0.0915 e. The van der Waals surface area contributed by atoms with Crippen LogP contribution in [-0.4, -0.2) is 152 Å². The van der Waals surface area contributed by atoms with Gasteiger partial charge >= 0.3 is 0 Å². The summed E-state index contributed by atoms with van der Waals surface area (Å²) in [5, 5.41) is 3.77. The Bertz CT molecular complexity index is 563. The number of hydrogen-bond donors (Lipinski definition) is 3. The molecule has 0 spiro atoms. The molecule has 0 unspecified atom stereocenters. The lowest BCUT2D eigenvalue weighted by molar-refractivity contribution is 0.0582. The first-order valence-electron chi connectivity index (χ1n) is 12.4. The van der Waals surface area contributed by atoms with Gasteiger partial charge in [-0.1, -0.05) is 0 Å². The largest absolute Gasteiger partial charge is 0.323 e. The van der Waals surface area contributed by atoms with E-state index in [0.717, 1.165) is 117 Å². The molecule has 0 saturated carbocycles. The van der Waals surface area contributed by atoms with Crippen molar-refractivity contribution in [2.24, 2.45) is 17.4 Å². The predicted octanol–water partition coefficient (Wildman–Crippen LogP) is -1.36. The number of hydrogen-bond acceptors (Lipinski definition) is 10. The fourth-order valence-corrected chi connectivity index (χ4v) is 7.44. The molecule has 0 aromatic carbocycles. The van der Waals surface area contributed by atoms with Crippen LogP contribution in [0.5, 0.6) is 0 Å². The van der Waals surface area contributed by atoms with Crippen LogP contribution >= 0.6 is 7.14 Å². The summed E-state index contributed by atoms with van der Waals surface area (Å²) in [5.74, 6) is 11.8. The van der Waals surface area contributed by atoms with Gasteiger partial charge in [-0.25, -0.2) is 10.0 Å². The van der Waals surface area contributed by atoms with Gasteiger partial charge < -0.3 is 25.0 Å². The summed E-state index contributed by atoms with van der Waals surface area (Å²) < 4.78 is 14.1. The minimum atomic E-state index is -2.25. The van der Waals surface area contributed by atoms with Gasteiger partial charge in [0.05, 0.1) is 12.8 Å². The number of nitrogens with zero attached hydrogens (tertiary/aromatic N) is 6. The second-order valence-corrected chi connectivity index (χ2v) is 13.9. The Morgan fingerprint density at radius 2 is 0.938 bits per heavy atom. The molecule has 0 atom stereocenters. The van der Waals surface area contributed by atoms with Crippen LogP contribution in [0, 0.1) is 0 Å². The summed E-state index contributed by atoms with van der Waals surface area (Å²) in [4.78, 5) is 9.70. The molecule has 0 amide bonds. The number of hydrazine groups is 2. The Labute approximate surface area is 195 Å². The molecule has 3 aliphatic rings. The molecule has 0 aromatic rings. The van der Waals surface area contributed by atoms with Crippen LogP contribution in [-0.2, 0) is 4.57 Å². The lowest BCUT2D eigenvalue weighted by atomic mass is 10.2. The SMILES string of the molecule is CC(C)(N)N1CCN(CCP(=O)(CCN2CCN(N)CC2)CCN2CCN(N)CC2)CC1. The van der Waals surface area contributed by atoms with E-state index in [4.69, 9.17) is 17.4 Å². The van der Waals surface area contributed by atoms with Crippen molar-refractivity contribution in [3.8, 4) is 0 Å². The lowest BCUT2D eigenvalue weighted by Crippen LogP contribution is -2.58. The monoisotopic (exact) mass is 473 g/mol. The van der Waals surface area contributed by atoms with Crippen LogP contribution in [0.3, 0.4) is 0 Å². The summed E-state index contributed by atoms with van der Waals surface area (Å²) in [7, 11) is -2.25. The van der Waals surface area contributed by atoms with E-state index < -0.39 is 7.14 Å².